The fourth-order valence-electron chi connectivity index (χ4n) is 2.95. The third kappa shape index (κ3) is 4.12. The normalized spacial score (nSPS) is 19.8. The molecule has 1 aromatic rings. The molecule has 1 saturated heterocycles. The van der Waals surface area contributed by atoms with Gasteiger partial charge in [-0.05, 0) is 28.9 Å². The van der Waals surface area contributed by atoms with Crippen molar-refractivity contribution in [3.8, 4) is 0 Å². The number of hydrogen-bond donors (Lipinski definition) is 0. The summed E-state index contributed by atoms with van der Waals surface area (Å²) in [5, 5.41) is 11.4. The number of rotatable bonds is 5. The molecule has 5 heteroatoms. The highest BCUT2D eigenvalue weighted by molar-refractivity contribution is 8.00. The lowest BCUT2D eigenvalue weighted by molar-refractivity contribution is -0.312. The summed E-state index contributed by atoms with van der Waals surface area (Å²) in [4.78, 5) is 25.4. The van der Waals surface area contributed by atoms with E-state index < -0.39 is 12.0 Å². The summed E-state index contributed by atoms with van der Waals surface area (Å²) in [6.07, 6.45) is 0.408. The van der Waals surface area contributed by atoms with Crippen molar-refractivity contribution < 1.29 is 14.7 Å². The zero-order valence-electron chi connectivity index (χ0n) is 15.0. The molecule has 0 radical (unpaired) electrons. The van der Waals surface area contributed by atoms with Crippen LogP contribution in [-0.4, -0.2) is 28.6 Å². The van der Waals surface area contributed by atoms with Gasteiger partial charge in [0.1, 0.15) is 5.37 Å². The van der Waals surface area contributed by atoms with Gasteiger partial charge in [0, 0.05) is 0 Å². The standard InChI is InChI=1S/C19H27NO3S/c1-12(2)10-15(18(22)23)20-16(21)11-24-17(20)13-6-8-14(9-7-13)19(3,4)5/h6-9,12,15,17H,10-11H2,1-5H3,(H,22,23)/p-1/t15-,17+/m1/s1. The van der Waals surface area contributed by atoms with E-state index in [9.17, 15) is 14.7 Å². The van der Waals surface area contributed by atoms with Gasteiger partial charge in [0.25, 0.3) is 0 Å². The Morgan fingerprint density at radius 3 is 2.33 bits per heavy atom. The van der Waals surface area contributed by atoms with E-state index in [-0.39, 0.29) is 22.6 Å². The molecule has 132 valence electrons. The Hall–Kier alpha value is -1.49. The number of carbonyl (C=O) groups excluding carboxylic acids is 2. The summed E-state index contributed by atoms with van der Waals surface area (Å²) in [6, 6.07) is 7.26. The largest absolute Gasteiger partial charge is 0.548 e. The summed E-state index contributed by atoms with van der Waals surface area (Å²) < 4.78 is 0. The Kier molecular flexibility index (Phi) is 5.63. The number of nitrogens with zero attached hydrogens (tertiary/aromatic N) is 1. The summed E-state index contributed by atoms with van der Waals surface area (Å²) in [7, 11) is 0. The van der Waals surface area contributed by atoms with Crippen LogP contribution in [0.2, 0.25) is 0 Å². The van der Waals surface area contributed by atoms with Gasteiger partial charge in [-0.15, -0.1) is 11.8 Å². The Morgan fingerprint density at radius 1 is 1.29 bits per heavy atom. The van der Waals surface area contributed by atoms with Gasteiger partial charge in [-0.2, -0.15) is 0 Å². The Morgan fingerprint density at radius 2 is 1.88 bits per heavy atom. The summed E-state index contributed by atoms with van der Waals surface area (Å²) in [5.74, 6) is -0.807. The Labute approximate surface area is 148 Å². The molecule has 0 aromatic heterocycles. The van der Waals surface area contributed by atoms with Crippen LogP contribution in [0.5, 0.6) is 0 Å². The first-order valence-corrected chi connectivity index (χ1v) is 9.40. The number of benzene rings is 1. The molecule has 1 aromatic carbocycles. The molecular formula is C19H26NO3S-. The predicted molar refractivity (Wildman–Crippen MR) is 95.4 cm³/mol. The van der Waals surface area contributed by atoms with Crippen LogP contribution >= 0.6 is 11.8 Å². The average molecular weight is 348 g/mol. The maximum absolute atomic E-state index is 12.3. The van der Waals surface area contributed by atoms with E-state index in [1.807, 2.05) is 26.0 Å². The van der Waals surface area contributed by atoms with E-state index in [2.05, 4.69) is 32.9 Å². The SMILES string of the molecule is CC(C)C[C@H](C(=O)[O-])N1C(=O)CS[C@H]1c1ccc(C(C)(C)C)cc1. The minimum Gasteiger partial charge on any atom is -0.548 e. The second-order valence-corrected chi connectivity index (χ2v) is 8.87. The molecule has 1 aliphatic heterocycles. The van der Waals surface area contributed by atoms with E-state index in [0.29, 0.717) is 12.2 Å². The zero-order valence-corrected chi connectivity index (χ0v) is 15.9. The Balaban J connectivity index is 2.31. The van der Waals surface area contributed by atoms with Crippen LogP contribution in [0.4, 0.5) is 0 Å². The van der Waals surface area contributed by atoms with Crippen LogP contribution in [0.3, 0.4) is 0 Å². The van der Waals surface area contributed by atoms with Gasteiger partial charge in [0.15, 0.2) is 0 Å². The minimum absolute atomic E-state index is 0.0576. The molecule has 24 heavy (non-hydrogen) atoms. The fraction of sp³-hybridized carbons (Fsp3) is 0.579. The topological polar surface area (TPSA) is 60.4 Å². The van der Waals surface area contributed by atoms with Gasteiger partial charge < -0.3 is 14.8 Å². The highest BCUT2D eigenvalue weighted by Gasteiger charge is 2.38. The van der Waals surface area contributed by atoms with Crippen LogP contribution in [0.1, 0.15) is 57.5 Å². The third-order valence-corrected chi connectivity index (χ3v) is 5.50. The smallest absolute Gasteiger partial charge is 0.234 e. The molecule has 0 spiro atoms. The Bertz CT molecular complexity index is 604. The van der Waals surface area contributed by atoms with Gasteiger partial charge >= 0.3 is 0 Å². The molecule has 1 fully saturated rings. The zero-order chi connectivity index (χ0) is 18.1. The van der Waals surface area contributed by atoms with Crippen molar-refractivity contribution in [3.63, 3.8) is 0 Å². The fourth-order valence-corrected chi connectivity index (χ4v) is 4.17. The summed E-state index contributed by atoms with van der Waals surface area (Å²) >= 11 is 1.48. The van der Waals surface area contributed by atoms with Crippen molar-refractivity contribution in [2.75, 3.05) is 5.75 Å². The van der Waals surface area contributed by atoms with E-state index in [0.717, 1.165) is 5.56 Å². The molecule has 0 unspecified atom stereocenters. The molecule has 0 N–H and O–H groups in total. The maximum atomic E-state index is 12.3. The lowest BCUT2D eigenvalue weighted by Crippen LogP contribution is -2.50. The first-order chi connectivity index (χ1) is 11.1. The van der Waals surface area contributed by atoms with Gasteiger partial charge in [-0.3, -0.25) is 4.79 Å². The number of aliphatic carboxylic acids is 1. The summed E-state index contributed by atoms with van der Waals surface area (Å²) in [6.45, 7) is 10.4. The number of hydrogen-bond acceptors (Lipinski definition) is 4. The first kappa shape index (κ1) is 18.8. The van der Waals surface area contributed by atoms with E-state index >= 15 is 0 Å². The van der Waals surface area contributed by atoms with Crippen molar-refractivity contribution in [1.29, 1.82) is 0 Å². The molecule has 2 atom stereocenters. The number of carboxylic acids is 1. The van der Waals surface area contributed by atoms with E-state index in [1.54, 1.807) is 0 Å². The molecule has 0 aliphatic carbocycles. The van der Waals surface area contributed by atoms with Crippen LogP contribution in [-0.2, 0) is 15.0 Å². The lowest BCUT2D eigenvalue weighted by atomic mass is 9.86. The highest BCUT2D eigenvalue weighted by Crippen LogP contribution is 2.41. The van der Waals surface area contributed by atoms with Gasteiger partial charge in [0.05, 0.1) is 17.8 Å². The molecule has 1 heterocycles. The molecule has 4 nitrogen and oxygen atoms in total. The van der Waals surface area contributed by atoms with Crippen LogP contribution in [0, 0.1) is 5.92 Å². The molecule has 2 rings (SSSR count). The molecule has 0 bridgehead atoms. The second-order valence-electron chi connectivity index (χ2n) is 7.80. The summed E-state index contributed by atoms with van der Waals surface area (Å²) in [5.41, 5.74) is 2.24. The van der Waals surface area contributed by atoms with Gasteiger partial charge in [-0.1, -0.05) is 58.9 Å². The van der Waals surface area contributed by atoms with E-state index in [1.165, 1.54) is 22.2 Å². The first-order valence-electron chi connectivity index (χ1n) is 8.35. The van der Waals surface area contributed by atoms with Crippen molar-refractivity contribution >= 4 is 23.6 Å². The van der Waals surface area contributed by atoms with Crippen LogP contribution in [0.15, 0.2) is 24.3 Å². The minimum atomic E-state index is -1.17. The molecular weight excluding hydrogens is 322 g/mol. The van der Waals surface area contributed by atoms with Crippen LogP contribution in [0.25, 0.3) is 0 Å². The number of carboxylic acid groups (broad SMARTS) is 1. The highest BCUT2D eigenvalue weighted by atomic mass is 32.2. The number of thioether (sulfide) groups is 1. The van der Waals surface area contributed by atoms with Crippen molar-refractivity contribution in [3.05, 3.63) is 35.4 Å². The van der Waals surface area contributed by atoms with Crippen molar-refractivity contribution in [1.82, 2.24) is 4.90 Å². The van der Waals surface area contributed by atoms with Gasteiger partial charge in [-0.25, -0.2) is 0 Å². The van der Waals surface area contributed by atoms with Gasteiger partial charge in [0.2, 0.25) is 5.91 Å². The maximum Gasteiger partial charge on any atom is 0.234 e. The number of amides is 1. The van der Waals surface area contributed by atoms with Crippen molar-refractivity contribution in [2.45, 2.75) is 57.9 Å². The lowest BCUT2D eigenvalue weighted by Gasteiger charge is -2.34. The molecule has 0 saturated carbocycles. The third-order valence-electron chi connectivity index (χ3n) is 4.27. The quantitative estimate of drug-likeness (QED) is 0.821. The van der Waals surface area contributed by atoms with E-state index in [4.69, 9.17) is 0 Å². The van der Waals surface area contributed by atoms with Crippen molar-refractivity contribution in [2.24, 2.45) is 5.92 Å². The van der Waals surface area contributed by atoms with Crippen LogP contribution < -0.4 is 5.11 Å². The predicted octanol–water partition coefficient (Wildman–Crippen LogP) is 2.72. The molecule has 1 amide bonds. The second kappa shape index (κ2) is 7.18. The molecule has 1 aliphatic rings. The average Bonchev–Trinajstić information content (AvgIpc) is 2.85. The monoisotopic (exact) mass is 348 g/mol. The number of carbonyl (C=O) groups is 2.